The molecular weight excluding hydrogens is 207 g/mol. The summed E-state index contributed by atoms with van der Waals surface area (Å²) < 4.78 is 4.93. The molecule has 0 unspecified atom stereocenters. The molecule has 1 aliphatic heterocycles. The first-order chi connectivity index (χ1) is 6.94. The zero-order valence-electron chi connectivity index (χ0n) is 9.59. The fourth-order valence-electron chi connectivity index (χ4n) is 1.72. The largest absolute Gasteiger partial charge is 0.569 e. The van der Waals surface area contributed by atoms with Gasteiger partial charge in [-0.05, 0) is 20.8 Å². The standard InChI is InChI=1S/C11H15BO2S/c1-5-7(2)6-11(4)9(14-12)8(3)10(13)15-11/h5-6H,1,12H2,2-4H3/b7-6+/t11-/m1/s1. The van der Waals surface area contributed by atoms with Crippen LogP contribution in [0.1, 0.15) is 20.8 Å². The molecule has 15 heavy (non-hydrogen) atoms. The highest BCUT2D eigenvalue weighted by Gasteiger charge is 2.40. The summed E-state index contributed by atoms with van der Waals surface area (Å²) in [7, 11) is 1.60. The fourth-order valence-corrected chi connectivity index (χ4v) is 2.93. The Morgan fingerprint density at radius 1 is 1.67 bits per heavy atom. The Hall–Kier alpha value is -0.895. The van der Waals surface area contributed by atoms with Gasteiger partial charge in [-0.25, -0.2) is 0 Å². The molecule has 0 fully saturated rings. The van der Waals surface area contributed by atoms with Crippen molar-refractivity contribution >= 4 is 24.9 Å². The second kappa shape index (κ2) is 4.31. The first-order valence-corrected chi connectivity index (χ1v) is 5.57. The van der Waals surface area contributed by atoms with Crippen LogP contribution in [-0.4, -0.2) is 17.9 Å². The third kappa shape index (κ3) is 2.20. The highest BCUT2D eigenvalue weighted by atomic mass is 32.2. The van der Waals surface area contributed by atoms with Gasteiger partial charge in [0.1, 0.15) is 5.76 Å². The van der Waals surface area contributed by atoms with E-state index in [9.17, 15) is 4.79 Å². The van der Waals surface area contributed by atoms with Crippen molar-refractivity contribution in [3.8, 4) is 0 Å². The maximum atomic E-state index is 11.6. The van der Waals surface area contributed by atoms with Gasteiger partial charge < -0.3 is 4.65 Å². The number of carbonyl (C=O) groups excluding carboxylic acids is 1. The Balaban J connectivity index is 3.17. The average Bonchev–Trinajstić information content (AvgIpc) is 2.37. The van der Waals surface area contributed by atoms with Crippen LogP contribution in [0.4, 0.5) is 0 Å². The van der Waals surface area contributed by atoms with Gasteiger partial charge in [-0.3, -0.25) is 4.79 Å². The predicted molar refractivity (Wildman–Crippen MR) is 67.3 cm³/mol. The molecular formula is C11H15BO2S. The molecule has 0 bridgehead atoms. The van der Waals surface area contributed by atoms with Gasteiger partial charge in [0, 0.05) is 5.57 Å². The van der Waals surface area contributed by atoms with E-state index in [4.69, 9.17) is 4.65 Å². The number of carbonyl (C=O) groups is 1. The maximum absolute atomic E-state index is 11.6. The van der Waals surface area contributed by atoms with Crippen LogP contribution < -0.4 is 0 Å². The summed E-state index contributed by atoms with van der Waals surface area (Å²) in [6.07, 6.45) is 3.79. The minimum atomic E-state index is -0.381. The van der Waals surface area contributed by atoms with E-state index in [1.165, 1.54) is 11.8 Å². The van der Waals surface area contributed by atoms with E-state index in [0.29, 0.717) is 5.57 Å². The molecule has 0 N–H and O–H groups in total. The molecule has 0 aromatic carbocycles. The van der Waals surface area contributed by atoms with Crippen molar-refractivity contribution in [3.63, 3.8) is 0 Å². The summed E-state index contributed by atoms with van der Waals surface area (Å²) in [5.74, 6) is 0.749. The Labute approximate surface area is 95.9 Å². The van der Waals surface area contributed by atoms with Crippen LogP contribution in [0.2, 0.25) is 0 Å². The third-order valence-electron chi connectivity index (χ3n) is 2.43. The zero-order valence-corrected chi connectivity index (χ0v) is 10.4. The summed E-state index contributed by atoms with van der Waals surface area (Å²) in [6.45, 7) is 9.45. The van der Waals surface area contributed by atoms with Crippen LogP contribution in [0, 0.1) is 0 Å². The van der Waals surface area contributed by atoms with Crippen LogP contribution in [0.25, 0.3) is 0 Å². The van der Waals surface area contributed by atoms with E-state index < -0.39 is 0 Å². The molecule has 0 aromatic rings. The van der Waals surface area contributed by atoms with Gasteiger partial charge in [0.25, 0.3) is 0 Å². The minimum Gasteiger partial charge on any atom is -0.569 e. The first kappa shape index (κ1) is 12.2. The van der Waals surface area contributed by atoms with Gasteiger partial charge in [0.2, 0.25) is 5.12 Å². The lowest BCUT2D eigenvalue weighted by molar-refractivity contribution is -0.107. The quantitative estimate of drug-likeness (QED) is 0.539. The molecule has 0 saturated heterocycles. The molecule has 0 aliphatic carbocycles. The molecule has 80 valence electrons. The van der Waals surface area contributed by atoms with E-state index in [1.807, 2.05) is 19.9 Å². The van der Waals surface area contributed by atoms with Crippen molar-refractivity contribution in [3.05, 3.63) is 35.6 Å². The number of hydrogen-bond donors (Lipinski definition) is 0. The second-order valence-electron chi connectivity index (χ2n) is 3.75. The molecule has 1 atom stereocenters. The second-order valence-corrected chi connectivity index (χ2v) is 5.17. The number of hydrogen-bond acceptors (Lipinski definition) is 3. The molecule has 0 saturated carbocycles. The molecule has 1 aliphatic rings. The van der Waals surface area contributed by atoms with Crippen LogP contribution in [0.15, 0.2) is 35.6 Å². The zero-order chi connectivity index (χ0) is 11.6. The van der Waals surface area contributed by atoms with E-state index in [2.05, 4.69) is 6.58 Å². The van der Waals surface area contributed by atoms with Gasteiger partial charge in [-0.15, -0.1) is 0 Å². The predicted octanol–water partition coefficient (Wildman–Crippen LogP) is 1.99. The molecule has 1 heterocycles. The van der Waals surface area contributed by atoms with Gasteiger partial charge in [0.15, 0.2) is 0 Å². The molecule has 0 aromatic heterocycles. The van der Waals surface area contributed by atoms with Crippen molar-refractivity contribution in [2.45, 2.75) is 25.5 Å². The Bertz CT molecular complexity index is 371. The van der Waals surface area contributed by atoms with Crippen LogP contribution >= 0.6 is 11.8 Å². The van der Waals surface area contributed by atoms with Crippen molar-refractivity contribution < 1.29 is 9.45 Å². The van der Waals surface area contributed by atoms with Crippen molar-refractivity contribution in [2.75, 3.05) is 0 Å². The van der Waals surface area contributed by atoms with Crippen LogP contribution in [-0.2, 0) is 9.45 Å². The lowest BCUT2D eigenvalue weighted by Gasteiger charge is -2.22. The highest BCUT2D eigenvalue weighted by Crippen LogP contribution is 2.45. The van der Waals surface area contributed by atoms with Crippen molar-refractivity contribution in [1.29, 1.82) is 0 Å². The Kier molecular flexibility index (Phi) is 3.50. The summed E-state index contributed by atoms with van der Waals surface area (Å²) in [5.41, 5.74) is 1.75. The lowest BCUT2D eigenvalue weighted by atomic mass is 10.0. The number of allylic oxidation sites excluding steroid dienone is 2. The van der Waals surface area contributed by atoms with E-state index >= 15 is 0 Å². The van der Waals surface area contributed by atoms with E-state index in [-0.39, 0.29) is 9.86 Å². The Morgan fingerprint density at radius 2 is 2.27 bits per heavy atom. The Morgan fingerprint density at radius 3 is 2.73 bits per heavy atom. The summed E-state index contributed by atoms with van der Waals surface area (Å²) in [6, 6.07) is 0. The van der Waals surface area contributed by atoms with Gasteiger partial charge >= 0.3 is 8.05 Å². The smallest absolute Gasteiger partial charge is 0.321 e. The van der Waals surface area contributed by atoms with Gasteiger partial charge in [-0.1, -0.05) is 36.1 Å². The summed E-state index contributed by atoms with van der Waals surface area (Å²) in [5, 5.41) is 0.0856. The minimum absolute atomic E-state index is 0.0856. The fraction of sp³-hybridized carbons (Fsp3) is 0.364. The van der Waals surface area contributed by atoms with Gasteiger partial charge in [0.05, 0.1) is 4.75 Å². The van der Waals surface area contributed by atoms with Crippen molar-refractivity contribution in [2.24, 2.45) is 0 Å². The SMILES string of the molecule is BOC1=C(C)C(=O)S[C@]1(C)/C=C(\C)C=C. The van der Waals surface area contributed by atoms with Crippen LogP contribution in [0.5, 0.6) is 0 Å². The van der Waals surface area contributed by atoms with Crippen LogP contribution in [0.3, 0.4) is 0 Å². The average molecular weight is 222 g/mol. The van der Waals surface area contributed by atoms with Crippen molar-refractivity contribution in [1.82, 2.24) is 0 Å². The summed E-state index contributed by atoms with van der Waals surface area (Å²) in [4.78, 5) is 11.6. The monoisotopic (exact) mass is 222 g/mol. The molecule has 0 amide bonds. The molecule has 4 heteroatoms. The summed E-state index contributed by atoms with van der Waals surface area (Å²) >= 11 is 1.29. The van der Waals surface area contributed by atoms with E-state index in [1.54, 1.807) is 21.0 Å². The number of thioether (sulfide) groups is 1. The molecule has 0 radical (unpaired) electrons. The maximum Gasteiger partial charge on any atom is 0.321 e. The molecule has 2 nitrogen and oxygen atoms in total. The van der Waals surface area contributed by atoms with E-state index in [0.717, 1.165) is 11.3 Å². The topological polar surface area (TPSA) is 26.3 Å². The normalized spacial score (nSPS) is 27.1. The number of rotatable bonds is 3. The lowest BCUT2D eigenvalue weighted by Crippen LogP contribution is -2.19. The third-order valence-corrected chi connectivity index (χ3v) is 3.65. The highest BCUT2D eigenvalue weighted by molar-refractivity contribution is 8.16. The molecule has 1 rings (SSSR count). The van der Waals surface area contributed by atoms with Gasteiger partial charge in [-0.2, -0.15) is 0 Å². The molecule has 0 spiro atoms. The first-order valence-electron chi connectivity index (χ1n) is 4.75.